The molecule has 1 aliphatic carbocycles. The summed E-state index contributed by atoms with van der Waals surface area (Å²) >= 11 is 0. The molecule has 1 aliphatic rings. The average molecular weight is 234 g/mol. The number of carbonyl (C=O) groups is 1. The maximum absolute atomic E-state index is 11.8. The lowest BCUT2D eigenvalue weighted by Gasteiger charge is -2.31. The topological polar surface area (TPSA) is 75.3 Å². The highest BCUT2D eigenvalue weighted by Gasteiger charge is 2.41. The van der Waals surface area contributed by atoms with Crippen LogP contribution in [0.2, 0.25) is 0 Å². The van der Waals surface area contributed by atoms with E-state index in [1.54, 1.807) is 24.3 Å². The Morgan fingerprint density at radius 2 is 2.06 bits per heavy atom. The molecule has 1 saturated carbocycles. The van der Waals surface area contributed by atoms with Gasteiger partial charge in [0, 0.05) is 6.04 Å². The molecule has 1 aromatic carbocycles. The zero-order valence-corrected chi connectivity index (χ0v) is 9.94. The Hall–Kier alpha value is -1.55. The largest absolute Gasteiger partial charge is 0.508 e. The molecule has 2 rings (SSSR count). The number of hydrogen-bond donors (Lipinski definition) is 3. The van der Waals surface area contributed by atoms with E-state index in [1.807, 2.05) is 6.92 Å². The standard InChI is InChI=1S/C13H18N2O2/c1-2-13(12(14)17,15-10-5-6-10)9-3-7-11(16)8-4-9/h3-4,7-8,10,15-16H,2,5-6H2,1H3,(H2,14,17). The van der Waals surface area contributed by atoms with Gasteiger partial charge in [-0.1, -0.05) is 19.1 Å². The summed E-state index contributed by atoms with van der Waals surface area (Å²) in [7, 11) is 0. The number of aromatic hydroxyl groups is 1. The van der Waals surface area contributed by atoms with Crippen LogP contribution in [0.1, 0.15) is 31.7 Å². The fourth-order valence-electron chi connectivity index (χ4n) is 2.10. The van der Waals surface area contributed by atoms with Gasteiger partial charge in [-0.25, -0.2) is 0 Å². The van der Waals surface area contributed by atoms with Crippen LogP contribution >= 0.6 is 0 Å². The van der Waals surface area contributed by atoms with Crippen molar-refractivity contribution in [3.05, 3.63) is 29.8 Å². The number of carbonyl (C=O) groups excluding carboxylic acids is 1. The number of phenols is 1. The molecule has 17 heavy (non-hydrogen) atoms. The molecule has 1 aromatic rings. The zero-order chi connectivity index (χ0) is 12.5. The Morgan fingerprint density at radius 1 is 1.47 bits per heavy atom. The second-order valence-electron chi connectivity index (χ2n) is 4.59. The summed E-state index contributed by atoms with van der Waals surface area (Å²) in [6, 6.07) is 7.04. The van der Waals surface area contributed by atoms with Crippen molar-refractivity contribution in [1.82, 2.24) is 5.32 Å². The highest BCUT2D eigenvalue weighted by Crippen LogP contribution is 2.31. The summed E-state index contributed by atoms with van der Waals surface area (Å²) in [5.41, 5.74) is 5.57. The maximum atomic E-state index is 11.8. The maximum Gasteiger partial charge on any atom is 0.242 e. The smallest absolute Gasteiger partial charge is 0.242 e. The molecule has 92 valence electrons. The van der Waals surface area contributed by atoms with Gasteiger partial charge in [-0.2, -0.15) is 0 Å². The van der Waals surface area contributed by atoms with Crippen LogP contribution in [0.4, 0.5) is 0 Å². The molecule has 1 amide bonds. The molecule has 0 aromatic heterocycles. The van der Waals surface area contributed by atoms with Crippen LogP contribution in [-0.2, 0) is 10.3 Å². The van der Waals surface area contributed by atoms with E-state index in [-0.39, 0.29) is 11.7 Å². The number of benzene rings is 1. The third-order valence-electron chi connectivity index (χ3n) is 3.34. The lowest BCUT2D eigenvalue weighted by Crippen LogP contribution is -2.53. The fourth-order valence-corrected chi connectivity index (χ4v) is 2.10. The normalized spacial score (nSPS) is 18.6. The number of amides is 1. The molecular formula is C13H18N2O2. The molecule has 4 heteroatoms. The van der Waals surface area contributed by atoms with Gasteiger partial charge in [0.15, 0.2) is 0 Å². The van der Waals surface area contributed by atoms with Crippen molar-refractivity contribution in [1.29, 1.82) is 0 Å². The molecule has 0 saturated heterocycles. The molecule has 1 fully saturated rings. The number of rotatable bonds is 5. The van der Waals surface area contributed by atoms with E-state index in [0.717, 1.165) is 18.4 Å². The number of phenolic OH excluding ortho intramolecular Hbond substituents is 1. The minimum absolute atomic E-state index is 0.189. The van der Waals surface area contributed by atoms with Crippen molar-refractivity contribution in [2.24, 2.45) is 5.73 Å². The minimum Gasteiger partial charge on any atom is -0.508 e. The van der Waals surface area contributed by atoms with E-state index >= 15 is 0 Å². The second kappa shape index (κ2) is 4.37. The lowest BCUT2D eigenvalue weighted by atomic mass is 9.86. The van der Waals surface area contributed by atoms with Gasteiger partial charge >= 0.3 is 0 Å². The molecule has 0 heterocycles. The van der Waals surface area contributed by atoms with Gasteiger partial charge in [-0.3, -0.25) is 10.1 Å². The van der Waals surface area contributed by atoms with Gasteiger partial charge in [-0.15, -0.1) is 0 Å². The first kappa shape index (κ1) is 11.9. The van der Waals surface area contributed by atoms with Crippen LogP contribution in [0.25, 0.3) is 0 Å². The van der Waals surface area contributed by atoms with E-state index in [4.69, 9.17) is 5.73 Å². The quantitative estimate of drug-likeness (QED) is 0.717. The summed E-state index contributed by atoms with van der Waals surface area (Å²) < 4.78 is 0. The molecule has 1 atom stereocenters. The second-order valence-corrected chi connectivity index (χ2v) is 4.59. The van der Waals surface area contributed by atoms with Crippen molar-refractivity contribution in [2.45, 2.75) is 37.8 Å². The Bertz CT molecular complexity index is 412. The van der Waals surface area contributed by atoms with Crippen molar-refractivity contribution in [3.63, 3.8) is 0 Å². The molecule has 0 aliphatic heterocycles. The summed E-state index contributed by atoms with van der Waals surface area (Å²) in [6.07, 6.45) is 2.78. The molecule has 1 unspecified atom stereocenters. The monoisotopic (exact) mass is 234 g/mol. The highest BCUT2D eigenvalue weighted by atomic mass is 16.3. The molecule has 4 nitrogen and oxygen atoms in total. The number of nitrogens with one attached hydrogen (secondary N) is 1. The van der Waals surface area contributed by atoms with E-state index in [9.17, 15) is 9.90 Å². The van der Waals surface area contributed by atoms with Crippen LogP contribution in [-0.4, -0.2) is 17.1 Å². The summed E-state index contributed by atoms with van der Waals surface area (Å²) in [5, 5.41) is 12.6. The first-order chi connectivity index (χ1) is 8.08. The van der Waals surface area contributed by atoms with Crippen LogP contribution in [0.3, 0.4) is 0 Å². The number of primary amides is 1. The number of nitrogens with two attached hydrogens (primary N) is 1. The van der Waals surface area contributed by atoms with Gasteiger partial charge in [0.05, 0.1) is 0 Å². The van der Waals surface area contributed by atoms with Gasteiger partial charge in [0.25, 0.3) is 0 Å². The predicted octanol–water partition coefficient (Wildman–Crippen LogP) is 1.23. The van der Waals surface area contributed by atoms with Gasteiger partial charge < -0.3 is 10.8 Å². The minimum atomic E-state index is -0.811. The van der Waals surface area contributed by atoms with Gasteiger partial charge in [0.2, 0.25) is 5.91 Å². The zero-order valence-electron chi connectivity index (χ0n) is 9.94. The van der Waals surface area contributed by atoms with Crippen LogP contribution in [0.5, 0.6) is 5.75 Å². The van der Waals surface area contributed by atoms with Crippen molar-refractivity contribution >= 4 is 5.91 Å². The molecular weight excluding hydrogens is 216 g/mol. The summed E-state index contributed by atoms with van der Waals surface area (Å²) in [5.74, 6) is -0.174. The molecule has 4 N–H and O–H groups in total. The van der Waals surface area contributed by atoms with Crippen molar-refractivity contribution in [2.75, 3.05) is 0 Å². The Kier molecular flexibility index (Phi) is 3.07. The number of hydrogen-bond acceptors (Lipinski definition) is 3. The molecule has 0 radical (unpaired) electrons. The van der Waals surface area contributed by atoms with Crippen LogP contribution in [0, 0.1) is 0 Å². The Labute approximate surface area is 101 Å². The Balaban J connectivity index is 2.36. The summed E-state index contributed by atoms with van der Waals surface area (Å²) in [6.45, 7) is 1.94. The van der Waals surface area contributed by atoms with Crippen LogP contribution < -0.4 is 11.1 Å². The molecule has 0 spiro atoms. The average Bonchev–Trinajstić information content (AvgIpc) is 3.10. The Morgan fingerprint density at radius 3 is 2.47 bits per heavy atom. The van der Waals surface area contributed by atoms with E-state index in [1.165, 1.54) is 0 Å². The summed E-state index contributed by atoms with van der Waals surface area (Å²) in [4.78, 5) is 11.8. The highest BCUT2D eigenvalue weighted by molar-refractivity contribution is 5.86. The molecule has 0 bridgehead atoms. The first-order valence-corrected chi connectivity index (χ1v) is 5.95. The van der Waals surface area contributed by atoms with Crippen molar-refractivity contribution in [3.8, 4) is 5.75 Å². The third-order valence-corrected chi connectivity index (χ3v) is 3.34. The van der Waals surface area contributed by atoms with Gasteiger partial charge in [-0.05, 0) is 37.0 Å². The van der Waals surface area contributed by atoms with Crippen molar-refractivity contribution < 1.29 is 9.90 Å². The van der Waals surface area contributed by atoms with E-state index in [0.29, 0.717) is 12.5 Å². The SMILES string of the molecule is CCC(NC1CC1)(C(N)=O)c1ccc(O)cc1. The fraction of sp³-hybridized carbons (Fsp3) is 0.462. The first-order valence-electron chi connectivity index (χ1n) is 5.95. The predicted molar refractivity (Wildman–Crippen MR) is 65.4 cm³/mol. The third kappa shape index (κ3) is 2.26. The van der Waals surface area contributed by atoms with E-state index in [2.05, 4.69) is 5.32 Å². The lowest BCUT2D eigenvalue weighted by molar-refractivity contribution is -0.125. The van der Waals surface area contributed by atoms with Gasteiger partial charge in [0.1, 0.15) is 11.3 Å². The van der Waals surface area contributed by atoms with Crippen LogP contribution in [0.15, 0.2) is 24.3 Å². The van der Waals surface area contributed by atoms with E-state index < -0.39 is 5.54 Å².